The fourth-order valence-corrected chi connectivity index (χ4v) is 1.32. The molecule has 2 N–H and O–H groups in total. The fraction of sp³-hybridized carbons (Fsp3) is 0.417. The molecule has 0 fully saturated rings. The van der Waals surface area contributed by atoms with E-state index in [0.29, 0.717) is 24.5 Å². The molecule has 0 spiro atoms. The summed E-state index contributed by atoms with van der Waals surface area (Å²) in [5.41, 5.74) is 6.10. The zero-order valence-electron chi connectivity index (χ0n) is 9.19. The lowest BCUT2D eigenvalue weighted by Gasteiger charge is -2.12. The lowest BCUT2D eigenvalue weighted by atomic mass is 9.99. The molecule has 1 atom stereocenters. The Balaban J connectivity index is 2.96. The largest absolute Gasteiger partial charge is 0.493 e. The number of benzene rings is 1. The first kappa shape index (κ1) is 11.7. The topological polar surface area (TPSA) is 52.3 Å². The quantitative estimate of drug-likeness (QED) is 0.750. The number of hydrogen-bond acceptors (Lipinski definition) is 3. The van der Waals surface area contributed by atoms with Crippen LogP contribution in [0.1, 0.15) is 24.2 Å². The van der Waals surface area contributed by atoms with Crippen LogP contribution in [-0.2, 0) is 0 Å². The molecule has 0 aliphatic heterocycles. The SMILES string of the molecule is CCOc1ccccc1C(=O)C(C)CN. The highest BCUT2D eigenvalue weighted by Gasteiger charge is 2.17. The standard InChI is InChI=1S/C12H17NO2/c1-3-15-11-7-5-4-6-10(11)12(14)9(2)8-13/h4-7,9H,3,8,13H2,1-2H3. The van der Waals surface area contributed by atoms with E-state index < -0.39 is 0 Å². The zero-order chi connectivity index (χ0) is 11.3. The van der Waals surface area contributed by atoms with Crippen molar-refractivity contribution in [3.63, 3.8) is 0 Å². The van der Waals surface area contributed by atoms with Crippen LogP contribution in [-0.4, -0.2) is 18.9 Å². The van der Waals surface area contributed by atoms with E-state index in [1.54, 1.807) is 12.1 Å². The molecule has 0 aliphatic carbocycles. The Morgan fingerprint density at radius 2 is 2.13 bits per heavy atom. The maximum absolute atomic E-state index is 11.9. The number of Topliss-reactive ketones (excluding diaryl/α,β-unsaturated/α-hetero) is 1. The molecule has 0 aromatic heterocycles. The van der Waals surface area contributed by atoms with Gasteiger partial charge in [-0.25, -0.2) is 0 Å². The van der Waals surface area contributed by atoms with E-state index in [4.69, 9.17) is 10.5 Å². The van der Waals surface area contributed by atoms with Gasteiger partial charge in [-0.3, -0.25) is 4.79 Å². The van der Waals surface area contributed by atoms with E-state index in [9.17, 15) is 4.79 Å². The average molecular weight is 207 g/mol. The van der Waals surface area contributed by atoms with Crippen molar-refractivity contribution in [1.82, 2.24) is 0 Å². The van der Waals surface area contributed by atoms with Crippen LogP contribution in [0, 0.1) is 5.92 Å². The number of ketones is 1. The summed E-state index contributed by atoms with van der Waals surface area (Å²) in [6.07, 6.45) is 0. The summed E-state index contributed by atoms with van der Waals surface area (Å²) >= 11 is 0. The second-order valence-electron chi connectivity index (χ2n) is 3.43. The molecule has 1 rings (SSSR count). The molecule has 0 saturated heterocycles. The second-order valence-corrected chi connectivity index (χ2v) is 3.43. The van der Waals surface area contributed by atoms with Crippen LogP contribution < -0.4 is 10.5 Å². The zero-order valence-corrected chi connectivity index (χ0v) is 9.19. The molecular formula is C12H17NO2. The maximum atomic E-state index is 11.9. The summed E-state index contributed by atoms with van der Waals surface area (Å²) in [5.74, 6) is 0.526. The third-order valence-electron chi connectivity index (χ3n) is 2.25. The van der Waals surface area contributed by atoms with Crippen LogP contribution in [0.3, 0.4) is 0 Å². The predicted octanol–water partition coefficient (Wildman–Crippen LogP) is 1.86. The van der Waals surface area contributed by atoms with Crippen molar-refractivity contribution in [2.45, 2.75) is 13.8 Å². The van der Waals surface area contributed by atoms with Crippen molar-refractivity contribution in [3.8, 4) is 5.75 Å². The summed E-state index contributed by atoms with van der Waals surface area (Å²) in [6.45, 7) is 4.64. The number of rotatable bonds is 5. The van der Waals surface area contributed by atoms with Crippen molar-refractivity contribution in [3.05, 3.63) is 29.8 Å². The highest BCUT2D eigenvalue weighted by atomic mass is 16.5. The first-order valence-electron chi connectivity index (χ1n) is 5.16. The van der Waals surface area contributed by atoms with Crippen molar-refractivity contribution >= 4 is 5.78 Å². The number of ether oxygens (including phenoxy) is 1. The van der Waals surface area contributed by atoms with Gasteiger partial charge >= 0.3 is 0 Å². The molecule has 0 saturated carbocycles. The minimum absolute atomic E-state index is 0.0431. The normalized spacial score (nSPS) is 12.2. The lowest BCUT2D eigenvalue weighted by molar-refractivity contribution is 0.0930. The average Bonchev–Trinajstić information content (AvgIpc) is 2.28. The molecule has 0 amide bonds. The van der Waals surface area contributed by atoms with Gasteiger partial charge in [0.25, 0.3) is 0 Å². The minimum Gasteiger partial charge on any atom is -0.493 e. The Labute approximate surface area is 90.2 Å². The number of nitrogens with two attached hydrogens (primary N) is 1. The third kappa shape index (κ3) is 2.80. The van der Waals surface area contributed by atoms with E-state index in [2.05, 4.69) is 0 Å². The molecule has 0 heterocycles. The molecule has 1 aromatic rings. The van der Waals surface area contributed by atoms with Crippen LogP contribution in [0.25, 0.3) is 0 Å². The van der Waals surface area contributed by atoms with Gasteiger partial charge in [-0.1, -0.05) is 19.1 Å². The van der Waals surface area contributed by atoms with E-state index in [1.807, 2.05) is 26.0 Å². The van der Waals surface area contributed by atoms with Crippen molar-refractivity contribution in [1.29, 1.82) is 0 Å². The second kappa shape index (κ2) is 5.51. The van der Waals surface area contributed by atoms with Gasteiger partial charge in [-0.05, 0) is 19.1 Å². The first-order chi connectivity index (χ1) is 7.20. The highest BCUT2D eigenvalue weighted by molar-refractivity contribution is 6.00. The highest BCUT2D eigenvalue weighted by Crippen LogP contribution is 2.21. The van der Waals surface area contributed by atoms with Crippen LogP contribution in [0.15, 0.2) is 24.3 Å². The van der Waals surface area contributed by atoms with E-state index in [-0.39, 0.29) is 11.7 Å². The van der Waals surface area contributed by atoms with Crippen molar-refractivity contribution in [2.24, 2.45) is 11.7 Å². The van der Waals surface area contributed by atoms with Crippen LogP contribution in [0.4, 0.5) is 0 Å². The van der Waals surface area contributed by atoms with Crippen LogP contribution in [0.2, 0.25) is 0 Å². The van der Waals surface area contributed by atoms with Crippen LogP contribution in [0.5, 0.6) is 5.75 Å². The Kier molecular flexibility index (Phi) is 4.31. The molecule has 0 radical (unpaired) electrons. The lowest BCUT2D eigenvalue weighted by Crippen LogP contribution is -2.21. The predicted molar refractivity (Wildman–Crippen MR) is 60.2 cm³/mol. The molecule has 3 heteroatoms. The number of carbonyl (C=O) groups excluding carboxylic acids is 1. The van der Waals surface area contributed by atoms with E-state index in [0.717, 1.165) is 0 Å². The third-order valence-corrected chi connectivity index (χ3v) is 2.25. The Morgan fingerprint density at radius 3 is 2.73 bits per heavy atom. The number of carbonyl (C=O) groups is 1. The summed E-state index contributed by atoms with van der Waals surface area (Å²) < 4.78 is 5.39. The fourth-order valence-electron chi connectivity index (χ4n) is 1.32. The van der Waals surface area contributed by atoms with Gasteiger partial charge in [0, 0.05) is 12.5 Å². The molecule has 3 nitrogen and oxygen atoms in total. The van der Waals surface area contributed by atoms with E-state index in [1.165, 1.54) is 0 Å². The van der Waals surface area contributed by atoms with Gasteiger partial charge in [0.2, 0.25) is 0 Å². The summed E-state index contributed by atoms with van der Waals surface area (Å²) in [5, 5.41) is 0. The van der Waals surface area contributed by atoms with E-state index >= 15 is 0 Å². The smallest absolute Gasteiger partial charge is 0.170 e. The molecule has 1 aromatic carbocycles. The molecule has 0 aliphatic rings. The van der Waals surface area contributed by atoms with Gasteiger partial charge in [0.15, 0.2) is 5.78 Å². The van der Waals surface area contributed by atoms with Crippen molar-refractivity contribution in [2.75, 3.05) is 13.2 Å². The molecule has 82 valence electrons. The maximum Gasteiger partial charge on any atom is 0.170 e. The molecule has 0 bridgehead atoms. The Hall–Kier alpha value is -1.35. The molecular weight excluding hydrogens is 190 g/mol. The Morgan fingerprint density at radius 1 is 1.47 bits per heavy atom. The summed E-state index contributed by atoms with van der Waals surface area (Å²) in [6, 6.07) is 7.27. The van der Waals surface area contributed by atoms with Gasteiger partial charge in [0.1, 0.15) is 5.75 Å². The Bertz CT molecular complexity index is 336. The number of hydrogen-bond donors (Lipinski definition) is 1. The summed E-state index contributed by atoms with van der Waals surface area (Å²) in [4.78, 5) is 11.9. The minimum atomic E-state index is -0.161. The van der Waals surface area contributed by atoms with Gasteiger partial charge in [-0.2, -0.15) is 0 Å². The molecule has 15 heavy (non-hydrogen) atoms. The van der Waals surface area contributed by atoms with Gasteiger partial charge in [-0.15, -0.1) is 0 Å². The first-order valence-corrected chi connectivity index (χ1v) is 5.16. The van der Waals surface area contributed by atoms with Gasteiger partial charge in [0.05, 0.1) is 12.2 Å². The monoisotopic (exact) mass is 207 g/mol. The van der Waals surface area contributed by atoms with Gasteiger partial charge < -0.3 is 10.5 Å². The summed E-state index contributed by atoms with van der Waals surface area (Å²) in [7, 11) is 0. The van der Waals surface area contributed by atoms with Crippen LogP contribution >= 0.6 is 0 Å². The molecule has 1 unspecified atom stereocenters. The number of para-hydroxylation sites is 1. The van der Waals surface area contributed by atoms with Crippen molar-refractivity contribution < 1.29 is 9.53 Å².